The average Bonchev–Trinajstić information content (AvgIpc) is 0.862. The number of carbonyl (C=O) groups is 4. The van der Waals surface area contributed by atoms with Gasteiger partial charge in [-0.3, -0.25) is 19.2 Å². The molecule has 10 heteroatoms. The van der Waals surface area contributed by atoms with Crippen molar-refractivity contribution in [3.05, 3.63) is 256 Å². The van der Waals surface area contributed by atoms with Crippen LogP contribution >= 0.6 is 0 Å². The number of H-pyrrole nitrogens is 2. The van der Waals surface area contributed by atoms with E-state index in [4.69, 9.17) is 9.97 Å². The maximum absolute atomic E-state index is 14.7. The molecular weight excluding hydrogens is 1160 g/mol. The predicted molar refractivity (Wildman–Crippen MR) is 385 cm³/mol. The Morgan fingerprint density at radius 3 is 0.926 bits per heavy atom. The standard InChI is InChI=1S/C84H70N6O4/c1-41-36-42(2)50(10)72(49(41)9)78-66-30-28-64(85-66)77(65-29-31-67(86-65)79(73-51(11)43(3)37-44(4)52(73)12)69-33-35-71(88-69)80(70-34-32-68(78)87-70)74-53(13)45(5)38-46(6)54(74)14)63-40-47(7)62(39-48(63)8)55-20-22-57(23-21-55)90-83(93)60-26-24-58-75-59(25-27-61(76(60)75)84(90)94)82(92)89(81(58)91)56-18-16-15-17-19-56/h15-40,85,88H,1-14H3. The van der Waals surface area contributed by atoms with E-state index in [1.807, 2.05) is 30.3 Å². The van der Waals surface area contributed by atoms with Crippen molar-refractivity contribution < 1.29 is 19.2 Å². The van der Waals surface area contributed by atoms with Crippen LogP contribution in [0.1, 0.15) is 142 Å². The van der Waals surface area contributed by atoms with Crippen molar-refractivity contribution in [3.63, 3.8) is 0 Å². The summed E-state index contributed by atoms with van der Waals surface area (Å²) < 4.78 is 0. The normalized spacial score (nSPS) is 13.4. The fourth-order valence-corrected chi connectivity index (χ4v) is 15.2. The molecule has 0 spiro atoms. The van der Waals surface area contributed by atoms with Gasteiger partial charge in [0.25, 0.3) is 23.6 Å². The Labute approximate surface area is 547 Å². The minimum Gasteiger partial charge on any atom is -0.354 e. The number of carbonyl (C=O) groups excluding carboxylic acids is 4. The number of aromatic nitrogens is 4. The minimum atomic E-state index is -0.536. The average molecular weight is 1230 g/mol. The molecule has 3 aromatic heterocycles. The zero-order valence-corrected chi connectivity index (χ0v) is 55.4. The highest BCUT2D eigenvalue weighted by Crippen LogP contribution is 2.47. The molecule has 94 heavy (non-hydrogen) atoms. The second-order valence-corrected chi connectivity index (χ2v) is 26.2. The maximum Gasteiger partial charge on any atom is 0.265 e. The zero-order chi connectivity index (χ0) is 65.8. The van der Waals surface area contributed by atoms with Crippen LogP contribution in [0.3, 0.4) is 0 Å². The molecule has 11 aromatic rings. The molecule has 0 unspecified atom stereocenters. The largest absolute Gasteiger partial charge is 0.354 e. The number of rotatable bonds is 7. The van der Waals surface area contributed by atoms with Gasteiger partial charge in [0.2, 0.25) is 0 Å². The van der Waals surface area contributed by atoms with E-state index in [0.29, 0.717) is 22.1 Å². The number of amides is 4. The van der Waals surface area contributed by atoms with Crippen molar-refractivity contribution in [1.29, 1.82) is 0 Å². The van der Waals surface area contributed by atoms with Crippen LogP contribution in [-0.4, -0.2) is 43.6 Å². The summed E-state index contributed by atoms with van der Waals surface area (Å²) in [5, 5.41) is 0.638. The number of hydrogen-bond acceptors (Lipinski definition) is 6. The van der Waals surface area contributed by atoms with Gasteiger partial charge < -0.3 is 9.97 Å². The molecule has 10 nitrogen and oxygen atoms in total. The number of para-hydroxylation sites is 1. The van der Waals surface area contributed by atoms with Gasteiger partial charge in [0.15, 0.2) is 0 Å². The first-order valence-electron chi connectivity index (χ1n) is 32.1. The molecule has 2 N–H and O–H groups in total. The molecule has 0 saturated heterocycles. The van der Waals surface area contributed by atoms with Gasteiger partial charge in [-0.1, -0.05) is 60.7 Å². The number of aryl methyl sites for hydroxylation is 8. The summed E-state index contributed by atoms with van der Waals surface area (Å²) in [5.74, 6) is -2.10. The van der Waals surface area contributed by atoms with Crippen molar-refractivity contribution in [2.75, 3.05) is 9.80 Å². The maximum atomic E-state index is 14.7. The van der Waals surface area contributed by atoms with Crippen LogP contribution in [-0.2, 0) is 0 Å². The number of hydrogen-bond donors (Lipinski definition) is 2. The molecule has 4 aliphatic heterocycles. The number of anilines is 2. The van der Waals surface area contributed by atoms with Crippen molar-refractivity contribution in [3.8, 4) is 55.6 Å². The number of nitrogens with zero attached hydrogens (tertiary/aromatic N) is 4. The van der Waals surface area contributed by atoms with Crippen molar-refractivity contribution in [1.82, 2.24) is 19.9 Å². The van der Waals surface area contributed by atoms with E-state index >= 15 is 0 Å². The molecule has 15 rings (SSSR count). The third-order valence-corrected chi connectivity index (χ3v) is 20.8. The number of aromatic amines is 2. The lowest BCUT2D eigenvalue weighted by Crippen LogP contribution is -2.43. The summed E-state index contributed by atoms with van der Waals surface area (Å²) in [6, 6.07) is 42.8. The molecule has 7 heterocycles. The molecule has 0 atom stereocenters. The second-order valence-electron chi connectivity index (χ2n) is 26.2. The summed E-state index contributed by atoms with van der Waals surface area (Å²) in [5.41, 5.74) is 36.0. The third-order valence-electron chi connectivity index (χ3n) is 20.8. The first kappa shape index (κ1) is 59.2. The summed E-state index contributed by atoms with van der Waals surface area (Å²) >= 11 is 0. The van der Waals surface area contributed by atoms with Crippen LogP contribution in [0.15, 0.2) is 133 Å². The van der Waals surface area contributed by atoms with E-state index in [0.717, 1.165) is 111 Å². The molecule has 4 amide bonds. The van der Waals surface area contributed by atoms with Gasteiger partial charge in [0, 0.05) is 77.3 Å². The Bertz CT molecular complexity index is 5350. The van der Waals surface area contributed by atoms with Gasteiger partial charge in [0.05, 0.1) is 34.2 Å². The van der Waals surface area contributed by atoms with Crippen molar-refractivity contribution in [2.24, 2.45) is 0 Å². The van der Waals surface area contributed by atoms with Gasteiger partial charge in [-0.15, -0.1) is 0 Å². The van der Waals surface area contributed by atoms with E-state index in [2.05, 4.69) is 186 Å². The minimum absolute atomic E-state index is 0.243. The summed E-state index contributed by atoms with van der Waals surface area (Å²) in [6.45, 7) is 30.9. The van der Waals surface area contributed by atoms with Crippen LogP contribution in [0, 0.1) is 96.9 Å². The van der Waals surface area contributed by atoms with Gasteiger partial charge in [-0.05, 0) is 305 Å². The topological polar surface area (TPSA) is 132 Å². The van der Waals surface area contributed by atoms with Gasteiger partial charge in [-0.2, -0.15) is 0 Å². The molecule has 0 aliphatic carbocycles. The fraction of sp³-hybridized carbons (Fsp3) is 0.167. The number of nitrogens with one attached hydrogen (secondary N) is 2. The number of benzene rings is 8. The highest BCUT2D eigenvalue weighted by Gasteiger charge is 2.41. The van der Waals surface area contributed by atoms with Gasteiger partial charge >= 0.3 is 0 Å². The Hall–Kier alpha value is -11.1. The quantitative estimate of drug-likeness (QED) is 0.153. The number of imide groups is 2. The number of fused-ring (bicyclic) bond motifs is 8. The lowest BCUT2D eigenvalue weighted by molar-refractivity contribution is 0.0873. The zero-order valence-electron chi connectivity index (χ0n) is 55.4. The summed E-state index contributed by atoms with van der Waals surface area (Å²) in [7, 11) is 0. The Kier molecular flexibility index (Phi) is 13.7. The van der Waals surface area contributed by atoms with E-state index in [9.17, 15) is 19.2 Å². The van der Waals surface area contributed by atoms with E-state index in [1.165, 1.54) is 77.2 Å². The molecule has 4 aliphatic rings. The first-order chi connectivity index (χ1) is 45.1. The molecule has 460 valence electrons. The van der Waals surface area contributed by atoms with Crippen LogP contribution in [0.4, 0.5) is 11.4 Å². The Morgan fingerprint density at radius 1 is 0.277 bits per heavy atom. The lowest BCUT2D eigenvalue weighted by Gasteiger charge is -2.32. The molecule has 0 radical (unpaired) electrons. The lowest BCUT2D eigenvalue weighted by atomic mass is 9.85. The van der Waals surface area contributed by atoms with Gasteiger partial charge in [0.1, 0.15) is 0 Å². The second kappa shape index (κ2) is 21.8. The Balaban J connectivity index is 0.914. The van der Waals surface area contributed by atoms with E-state index < -0.39 is 23.6 Å². The van der Waals surface area contributed by atoms with Crippen LogP contribution in [0.5, 0.6) is 0 Å². The van der Waals surface area contributed by atoms with Crippen LogP contribution in [0.2, 0.25) is 0 Å². The SMILES string of the molecule is Cc1cc(-c2c3nc(c(-c4c(C)c(C)cc(C)c4C)c4ccc([nH]4)c(-c4c(C)c(C)cc(C)c4C)c4nc(c(-c5c(C)c(C)cc(C)c5C)c5ccc2[nH]5)C=C4)C=C3)c(C)cc1-c1ccc(N2C(=O)c3ccc4c5c(ccc(c35)C2=O)C(=O)N(c2ccccc2)C4=O)cc1. The molecular formula is C84H70N6O4. The highest BCUT2D eigenvalue weighted by molar-refractivity contribution is 6.42. The first-order valence-corrected chi connectivity index (χ1v) is 32.1. The fourth-order valence-electron chi connectivity index (χ4n) is 15.2. The summed E-state index contributed by atoms with van der Waals surface area (Å²) in [6.07, 6.45) is 8.75. The van der Waals surface area contributed by atoms with E-state index in [1.54, 1.807) is 48.5 Å². The van der Waals surface area contributed by atoms with Crippen LogP contribution < -0.4 is 9.80 Å². The smallest absolute Gasteiger partial charge is 0.265 e. The predicted octanol–water partition coefficient (Wildman–Crippen LogP) is 20.1. The molecule has 0 fully saturated rings. The van der Waals surface area contributed by atoms with Gasteiger partial charge in [-0.25, -0.2) is 19.8 Å². The monoisotopic (exact) mass is 1230 g/mol. The summed E-state index contributed by atoms with van der Waals surface area (Å²) in [4.78, 5) is 79.4. The molecule has 8 aromatic carbocycles. The van der Waals surface area contributed by atoms with Crippen molar-refractivity contribution >= 4 is 92.1 Å². The third kappa shape index (κ3) is 8.90. The van der Waals surface area contributed by atoms with Crippen molar-refractivity contribution in [2.45, 2.75) is 96.9 Å². The van der Waals surface area contributed by atoms with Crippen LogP contribution in [0.25, 0.3) is 113 Å². The molecule has 8 bridgehead atoms. The van der Waals surface area contributed by atoms with E-state index in [-0.39, 0.29) is 22.3 Å². The Morgan fingerprint density at radius 2 is 0.574 bits per heavy atom. The molecule has 0 saturated carbocycles. The highest BCUT2D eigenvalue weighted by atomic mass is 16.2.